The summed E-state index contributed by atoms with van der Waals surface area (Å²) >= 11 is 5.99. The highest BCUT2D eigenvalue weighted by Crippen LogP contribution is 2.39. The predicted molar refractivity (Wildman–Crippen MR) is 127 cm³/mol. The molecule has 176 valence electrons. The van der Waals surface area contributed by atoms with E-state index in [1.807, 2.05) is 18.2 Å². The van der Waals surface area contributed by atoms with E-state index in [1.54, 1.807) is 36.4 Å². The molecule has 1 fully saturated rings. The van der Waals surface area contributed by atoms with Crippen LogP contribution in [0.3, 0.4) is 0 Å². The minimum atomic E-state index is -1.00. The Hall–Kier alpha value is -2.77. The summed E-state index contributed by atoms with van der Waals surface area (Å²) in [5.74, 6) is -0.677. The minimum Gasteiger partial charge on any atom is -0.385 e. The highest BCUT2D eigenvalue weighted by atomic mass is 35.5. The number of halogens is 3. The van der Waals surface area contributed by atoms with Crippen LogP contribution in [-0.2, 0) is 16.0 Å². The van der Waals surface area contributed by atoms with E-state index in [-0.39, 0.29) is 11.6 Å². The topological polar surface area (TPSA) is 44.7 Å². The van der Waals surface area contributed by atoms with Gasteiger partial charge in [0.25, 0.3) is 0 Å². The molecule has 0 atom stereocenters. The third kappa shape index (κ3) is 4.46. The molecule has 0 bridgehead atoms. The second kappa shape index (κ2) is 9.12. The highest BCUT2D eigenvalue weighted by molar-refractivity contribution is 6.30. The number of piperidine rings is 1. The summed E-state index contributed by atoms with van der Waals surface area (Å²) in [6, 6.07) is 19.6. The average molecular weight is 483 g/mol. The largest absolute Gasteiger partial charge is 0.385 e. The molecule has 0 aromatic heterocycles. The summed E-state index contributed by atoms with van der Waals surface area (Å²) in [5.41, 5.74) is 4.36. The zero-order chi connectivity index (χ0) is 23.8. The zero-order valence-corrected chi connectivity index (χ0v) is 19.2. The minimum absolute atomic E-state index is 0.338. The van der Waals surface area contributed by atoms with Gasteiger partial charge in [-0.3, -0.25) is 15.2 Å². The molecule has 2 N–H and O–H groups in total. The molecule has 0 unspecified atom stereocenters. The summed E-state index contributed by atoms with van der Waals surface area (Å²) in [7, 11) is 0. The molecule has 4 nitrogen and oxygen atoms in total. The third-order valence-corrected chi connectivity index (χ3v) is 6.98. The summed E-state index contributed by atoms with van der Waals surface area (Å²) in [5, 5.41) is 11.8. The Morgan fingerprint density at radius 1 is 0.824 bits per heavy atom. The van der Waals surface area contributed by atoms with Gasteiger partial charge in [-0.05, 0) is 72.0 Å². The second-order valence-corrected chi connectivity index (χ2v) is 9.37. The first-order chi connectivity index (χ1) is 16.4. The Bertz CT molecular complexity index is 1130. The molecule has 3 aromatic rings. The van der Waals surface area contributed by atoms with Crippen molar-refractivity contribution in [3.63, 3.8) is 0 Å². The Labute approximate surface area is 202 Å². The maximum atomic E-state index is 13.6. The van der Waals surface area contributed by atoms with Crippen LogP contribution in [0.1, 0.15) is 29.5 Å². The smallest absolute Gasteiger partial charge is 0.166 e. The maximum absolute atomic E-state index is 13.6. The van der Waals surface area contributed by atoms with E-state index < -0.39 is 11.2 Å². The van der Waals surface area contributed by atoms with Crippen LogP contribution in [0.2, 0.25) is 5.02 Å². The van der Waals surface area contributed by atoms with Crippen LogP contribution in [-0.4, -0.2) is 29.6 Å². The molecule has 34 heavy (non-hydrogen) atoms. The van der Waals surface area contributed by atoms with Gasteiger partial charge in [-0.25, -0.2) is 8.78 Å². The van der Waals surface area contributed by atoms with Gasteiger partial charge in [0.15, 0.2) is 5.60 Å². The van der Waals surface area contributed by atoms with Crippen LogP contribution >= 0.6 is 11.6 Å². The lowest BCUT2D eigenvalue weighted by Gasteiger charge is -2.38. The fraction of sp³-hybridized carbons (Fsp3) is 0.259. The van der Waals surface area contributed by atoms with Crippen LogP contribution in [0.4, 0.5) is 8.78 Å². The van der Waals surface area contributed by atoms with E-state index in [9.17, 15) is 13.9 Å². The van der Waals surface area contributed by atoms with Gasteiger partial charge in [-0.15, -0.1) is 0 Å². The molecule has 0 radical (unpaired) electrons. The van der Waals surface area contributed by atoms with Gasteiger partial charge in [0, 0.05) is 24.7 Å². The van der Waals surface area contributed by atoms with E-state index >= 15 is 0 Å². The van der Waals surface area contributed by atoms with Gasteiger partial charge in [0.05, 0.1) is 11.3 Å². The highest BCUT2D eigenvalue weighted by Gasteiger charge is 2.40. The van der Waals surface area contributed by atoms with Crippen molar-refractivity contribution >= 4 is 11.6 Å². The Kier molecular flexibility index (Phi) is 6.16. The quantitative estimate of drug-likeness (QED) is 0.520. The monoisotopic (exact) mass is 482 g/mol. The normalized spacial score (nSPS) is 19.5. The van der Waals surface area contributed by atoms with E-state index in [0.717, 1.165) is 22.4 Å². The second-order valence-electron chi connectivity index (χ2n) is 8.94. The summed E-state index contributed by atoms with van der Waals surface area (Å²) in [6.45, 7) is 2.01. The summed E-state index contributed by atoms with van der Waals surface area (Å²) in [4.78, 5) is 8.34. The van der Waals surface area contributed by atoms with Crippen LogP contribution in [0.15, 0.2) is 84.6 Å². The molecular weight excluding hydrogens is 458 g/mol. The number of hydroxylamine groups is 1. The average Bonchev–Trinajstić information content (AvgIpc) is 3.27. The van der Waals surface area contributed by atoms with Crippen LogP contribution in [0, 0.1) is 11.6 Å². The molecule has 5 rings (SSSR count). The number of hydrogen-bond acceptors (Lipinski definition) is 4. The van der Waals surface area contributed by atoms with Gasteiger partial charge in [-0.1, -0.05) is 48.0 Å². The molecule has 0 saturated carbocycles. The molecule has 0 aliphatic carbocycles. The molecular formula is C27H25ClF2N2O2. The van der Waals surface area contributed by atoms with Crippen molar-refractivity contribution in [3.05, 3.63) is 118 Å². The summed E-state index contributed by atoms with van der Waals surface area (Å²) in [6.07, 6.45) is 3.17. The fourth-order valence-electron chi connectivity index (χ4n) is 4.75. The lowest BCUT2D eigenvalue weighted by Crippen LogP contribution is -2.43. The zero-order valence-electron chi connectivity index (χ0n) is 18.5. The first-order valence-corrected chi connectivity index (χ1v) is 11.6. The third-order valence-electron chi connectivity index (χ3n) is 6.73. The van der Waals surface area contributed by atoms with Crippen molar-refractivity contribution in [2.45, 2.75) is 24.0 Å². The Morgan fingerprint density at radius 2 is 1.32 bits per heavy atom. The Morgan fingerprint density at radius 3 is 1.85 bits per heavy atom. The molecule has 0 amide bonds. The molecule has 0 spiro atoms. The molecule has 7 heteroatoms. The van der Waals surface area contributed by atoms with Gasteiger partial charge in [-0.2, -0.15) is 0 Å². The fourth-order valence-corrected chi connectivity index (χ4v) is 4.87. The number of nitrogens with one attached hydrogen (secondary N) is 1. The van der Waals surface area contributed by atoms with E-state index in [0.29, 0.717) is 37.5 Å². The van der Waals surface area contributed by atoms with Crippen LogP contribution in [0.5, 0.6) is 0 Å². The van der Waals surface area contributed by atoms with E-state index in [4.69, 9.17) is 16.4 Å². The van der Waals surface area contributed by atoms with Crippen molar-refractivity contribution in [1.29, 1.82) is 0 Å². The number of aliphatic hydroxyl groups is 1. The van der Waals surface area contributed by atoms with Gasteiger partial charge < -0.3 is 5.11 Å². The summed E-state index contributed by atoms with van der Waals surface area (Å²) < 4.78 is 27.2. The maximum Gasteiger partial charge on any atom is 0.166 e. The van der Waals surface area contributed by atoms with Gasteiger partial charge >= 0.3 is 0 Å². The number of hydrogen-bond donors (Lipinski definition) is 2. The van der Waals surface area contributed by atoms with Crippen LogP contribution < -0.4 is 5.48 Å². The number of rotatable bonds is 5. The van der Waals surface area contributed by atoms with Crippen molar-refractivity contribution in [2.24, 2.45) is 0 Å². The number of likely N-dealkylation sites (tertiary alicyclic amines) is 1. The lowest BCUT2D eigenvalue weighted by atomic mass is 9.84. The van der Waals surface area contributed by atoms with Gasteiger partial charge in [0.1, 0.15) is 11.6 Å². The van der Waals surface area contributed by atoms with Crippen molar-refractivity contribution in [1.82, 2.24) is 10.4 Å². The molecule has 2 aliphatic heterocycles. The number of nitrogens with zero attached hydrogens (tertiary/aromatic N) is 1. The lowest BCUT2D eigenvalue weighted by molar-refractivity contribution is -0.0310. The first-order valence-electron chi connectivity index (χ1n) is 11.2. The van der Waals surface area contributed by atoms with E-state index in [1.165, 1.54) is 24.3 Å². The SMILES string of the molecule is OC1(c2ccc(Cl)cc2)CCN(CC2=CC(c3ccc(F)cc3)(c3ccc(F)cc3)ON2)CC1. The molecule has 2 aliphatic rings. The van der Waals surface area contributed by atoms with E-state index in [2.05, 4.69) is 10.4 Å². The van der Waals surface area contributed by atoms with Crippen molar-refractivity contribution in [2.75, 3.05) is 19.6 Å². The van der Waals surface area contributed by atoms with Crippen LogP contribution in [0.25, 0.3) is 0 Å². The standard InChI is InChI=1S/C27H25ClF2N2O2/c28-22-7-1-19(2-8-22)26(33)13-15-32(16-14-26)18-25-17-27(34-31-25,20-3-9-23(29)10-4-20)21-5-11-24(30)12-6-21/h1-12,17,31,33H,13-16,18H2. The van der Waals surface area contributed by atoms with Crippen molar-refractivity contribution < 1.29 is 18.7 Å². The number of benzene rings is 3. The Balaban J connectivity index is 1.35. The first kappa shape index (κ1) is 23.0. The predicted octanol–water partition coefficient (Wildman–Crippen LogP) is 5.26. The molecule has 1 saturated heterocycles. The van der Waals surface area contributed by atoms with Crippen molar-refractivity contribution in [3.8, 4) is 0 Å². The molecule has 2 heterocycles. The molecule has 3 aromatic carbocycles. The van der Waals surface area contributed by atoms with Gasteiger partial charge in [0.2, 0.25) is 0 Å².